The van der Waals surface area contributed by atoms with Gasteiger partial charge in [0.1, 0.15) is 0 Å². The van der Waals surface area contributed by atoms with Crippen LogP contribution >= 0.6 is 0 Å². The average Bonchev–Trinajstić information content (AvgIpc) is 3.19. The molecule has 0 aromatic rings. The number of hydrogen-bond acceptors (Lipinski definition) is 2. The Morgan fingerprint density at radius 2 is 1.79 bits per heavy atom. The smallest absolute Gasteiger partial charge is 0.315 e. The highest BCUT2D eigenvalue weighted by molar-refractivity contribution is 5.82. The number of hydrogen-bond donors (Lipinski definition) is 3. The van der Waals surface area contributed by atoms with Gasteiger partial charge in [0.05, 0.1) is 5.41 Å². The zero-order chi connectivity index (χ0) is 13.4. The molecule has 4 aliphatic rings. The van der Waals surface area contributed by atoms with Crippen LogP contribution in [0.2, 0.25) is 0 Å². The molecule has 7 atom stereocenters. The molecule has 2 amide bonds. The van der Waals surface area contributed by atoms with Gasteiger partial charge in [-0.15, -0.1) is 0 Å². The molecule has 0 bridgehead atoms. The number of carbonyl (C=O) groups is 2. The van der Waals surface area contributed by atoms with Gasteiger partial charge in [-0.05, 0) is 49.4 Å². The molecular weight excluding hydrogens is 244 g/mol. The summed E-state index contributed by atoms with van der Waals surface area (Å²) in [6, 6.07) is 0.336. The molecule has 4 saturated carbocycles. The standard InChI is InChI=1S/C14H20N2O3/c1-6-2-7(6)8-3-10(8)15-13(19)16-11-5-14(12(17)18)4-9(11)14/h6-11H,2-5H2,1H3,(H,17,18)(H2,15,16,19)/t6-,7-,8+,9-,10-,11-,14-/m1/s1. The van der Waals surface area contributed by atoms with E-state index in [1.807, 2.05) is 0 Å². The summed E-state index contributed by atoms with van der Waals surface area (Å²) in [5.41, 5.74) is -0.483. The number of carboxylic acid groups (broad SMARTS) is 1. The summed E-state index contributed by atoms with van der Waals surface area (Å²) in [5.74, 6) is 1.85. The van der Waals surface area contributed by atoms with Crippen LogP contribution in [0.15, 0.2) is 0 Å². The van der Waals surface area contributed by atoms with Crippen LogP contribution in [0.1, 0.15) is 32.6 Å². The van der Waals surface area contributed by atoms with Crippen LogP contribution in [0.4, 0.5) is 4.79 Å². The molecule has 3 N–H and O–H groups in total. The van der Waals surface area contributed by atoms with E-state index < -0.39 is 11.4 Å². The second-order valence-corrected chi connectivity index (χ2v) is 7.08. The minimum absolute atomic E-state index is 0.0770. The third-order valence-corrected chi connectivity index (χ3v) is 5.82. The molecule has 0 aromatic heterocycles. The average molecular weight is 264 g/mol. The normalized spacial score (nSPS) is 52.5. The number of aliphatic carboxylic acids is 1. The molecule has 0 radical (unpaired) electrons. The summed E-state index contributed by atoms with van der Waals surface area (Å²) in [7, 11) is 0. The van der Waals surface area contributed by atoms with Gasteiger partial charge < -0.3 is 15.7 Å². The topological polar surface area (TPSA) is 78.4 Å². The maximum Gasteiger partial charge on any atom is 0.315 e. The van der Waals surface area contributed by atoms with E-state index in [9.17, 15) is 9.59 Å². The monoisotopic (exact) mass is 264 g/mol. The van der Waals surface area contributed by atoms with Gasteiger partial charge in [0.15, 0.2) is 0 Å². The summed E-state index contributed by atoms with van der Waals surface area (Å²) >= 11 is 0. The van der Waals surface area contributed by atoms with E-state index in [0.717, 1.165) is 24.7 Å². The van der Waals surface area contributed by atoms with E-state index in [2.05, 4.69) is 17.6 Å². The van der Waals surface area contributed by atoms with E-state index in [4.69, 9.17) is 5.11 Å². The van der Waals surface area contributed by atoms with Crippen molar-refractivity contribution in [2.45, 2.75) is 44.7 Å². The lowest BCUT2D eigenvalue weighted by Gasteiger charge is -2.32. The highest BCUT2D eigenvalue weighted by atomic mass is 16.4. The number of carbonyl (C=O) groups excluding carboxylic acids is 1. The van der Waals surface area contributed by atoms with Crippen LogP contribution in [0, 0.1) is 29.1 Å². The molecule has 4 aliphatic carbocycles. The largest absolute Gasteiger partial charge is 0.481 e. The van der Waals surface area contributed by atoms with Gasteiger partial charge in [0.2, 0.25) is 0 Å². The third-order valence-electron chi connectivity index (χ3n) is 5.82. The number of carboxylic acids is 1. The van der Waals surface area contributed by atoms with Gasteiger partial charge in [-0.1, -0.05) is 6.92 Å². The van der Waals surface area contributed by atoms with Crippen LogP contribution in [-0.4, -0.2) is 29.2 Å². The van der Waals surface area contributed by atoms with Crippen molar-refractivity contribution in [1.29, 1.82) is 0 Å². The highest BCUT2D eigenvalue weighted by Gasteiger charge is 2.72. The number of nitrogens with one attached hydrogen (secondary N) is 2. The molecule has 0 aromatic carbocycles. The Balaban J connectivity index is 1.21. The Bertz CT molecular complexity index is 466. The van der Waals surface area contributed by atoms with Crippen molar-refractivity contribution in [2.24, 2.45) is 29.1 Å². The Hall–Kier alpha value is -1.26. The van der Waals surface area contributed by atoms with Gasteiger partial charge >= 0.3 is 12.0 Å². The van der Waals surface area contributed by atoms with E-state index >= 15 is 0 Å². The molecule has 19 heavy (non-hydrogen) atoms. The molecule has 4 fully saturated rings. The zero-order valence-corrected chi connectivity index (χ0v) is 11.1. The molecule has 5 heteroatoms. The van der Waals surface area contributed by atoms with E-state index in [-0.39, 0.29) is 18.0 Å². The van der Waals surface area contributed by atoms with Crippen LogP contribution < -0.4 is 10.6 Å². The molecule has 0 saturated heterocycles. The van der Waals surface area contributed by atoms with Gasteiger partial charge in [0, 0.05) is 12.1 Å². The van der Waals surface area contributed by atoms with Crippen LogP contribution in [0.3, 0.4) is 0 Å². The SMILES string of the molecule is C[C@@H]1C[C@H]1[C@@H]1C[C@H]1NC(=O)N[C@@H]1C[C@]2(C(=O)O)C[C@H]12. The van der Waals surface area contributed by atoms with Crippen molar-refractivity contribution in [3.63, 3.8) is 0 Å². The Kier molecular flexibility index (Phi) is 2.09. The lowest BCUT2D eigenvalue weighted by atomic mass is 9.80. The number of rotatable bonds is 4. The lowest BCUT2D eigenvalue weighted by molar-refractivity contribution is -0.147. The minimum atomic E-state index is -0.694. The van der Waals surface area contributed by atoms with Gasteiger partial charge in [-0.3, -0.25) is 4.79 Å². The quantitative estimate of drug-likeness (QED) is 0.713. The fourth-order valence-corrected chi connectivity index (χ4v) is 4.13. The lowest BCUT2D eigenvalue weighted by Crippen LogP contribution is -2.51. The Morgan fingerprint density at radius 3 is 2.32 bits per heavy atom. The maximum atomic E-state index is 11.8. The molecule has 5 nitrogen and oxygen atoms in total. The zero-order valence-electron chi connectivity index (χ0n) is 11.1. The van der Waals surface area contributed by atoms with Crippen molar-refractivity contribution in [3.05, 3.63) is 0 Å². The van der Waals surface area contributed by atoms with Crippen LogP contribution in [-0.2, 0) is 4.79 Å². The fourth-order valence-electron chi connectivity index (χ4n) is 4.13. The van der Waals surface area contributed by atoms with E-state index in [0.29, 0.717) is 18.4 Å². The summed E-state index contributed by atoms with van der Waals surface area (Å²) < 4.78 is 0. The molecule has 0 spiro atoms. The summed E-state index contributed by atoms with van der Waals surface area (Å²) in [5, 5.41) is 15.0. The first-order valence-electron chi connectivity index (χ1n) is 7.32. The minimum Gasteiger partial charge on any atom is -0.481 e. The fraction of sp³-hybridized carbons (Fsp3) is 0.857. The van der Waals surface area contributed by atoms with E-state index in [1.54, 1.807) is 0 Å². The van der Waals surface area contributed by atoms with Crippen molar-refractivity contribution in [1.82, 2.24) is 10.6 Å². The van der Waals surface area contributed by atoms with Crippen LogP contribution in [0.5, 0.6) is 0 Å². The molecular formula is C14H20N2O3. The molecule has 0 heterocycles. The van der Waals surface area contributed by atoms with Crippen molar-refractivity contribution < 1.29 is 14.7 Å². The van der Waals surface area contributed by atoms with Gasteiger partial charge in [0.25, 0.3) is 0 Å². The number of amides is 2. The summed E-state index contributed by atoms with van der Waals surface area (Å²) in [6.07, 6.45) is 3.78. The predicted octanol–water partition coefficient (Wildman–Crippen LogP) is 1.19. The van der Waals surface area contributed by atoms with E-state index in [1.165, 1.54) is 6.42 Å². The summed E-state index contributed by atoms with van der Waals surface area (Å²) in [4.78, 5) is 22.8. The summed E-state index contributed by atoms with van der Waals surface area (Å²) in [6.45, 7) is 2.27. The van der Waals surface area contributed by atoms with Gasteiger partial charge in [-0.2, -0.15) is 0 Å². The molecule has 0 unspecified atom stereocenters. The van der Waals surface area contributed by atoms with Crippen molar-refractivity contribution in [2.75, 3.05) is 0 Å². The molecule has 104 valence electrons. The Labute approximate surface area is 112 Å². The van der Waals surface area contributed by atoms with Crippen molar-refractivity contribution >= 4 is 12.0 Å². The predicted molar refractivity (Wildman–Crippen MR) is 67.4 cm³/mol. The molecule has 0 aliphatic heterocycles. The third kappa shape index (κ3) is 1.66. The number of fused-ring (bicyclic) bond motifs is 1. The second kappa shape index (κ2) is 3.44. The van der Waals surface area contributed by atoms with Crippen molar-refractivity contribution in [3.8, 4) is 0 Å². The number of urea groups is 1. The maximum absolute atomic E-state index is 11.8. The highest BCUT2D eigenvalue weighted by Crippen LogP contribution is 2.67. The first-order valence-corrected chi connectivity index (χ1v) is 7.32. The first-order chi connectivity index (χ1) is 9.01. The first kappa shape index (κ1) is 11.6. The van der Waals surface area contributed by atoms with Crippen LogP contribution in [0.25, 0.3) is 0 Å². The Morgan fingerprint density at radius 1 is 1.11 bits per heavy atom. The van der Waals surface area contributed by atoms with Gasteiger partial charge in [-0.25, -0.2) is 4.79 Å². The molecule has 4 rings (SSSR count). The second-order valence-electron chi connectivity index (χ2n) is 7.08.